The average molecular weight is 465 g/mol. The number of rotatable bonds is 12. The molecule has 1 aliphatic carbocycles. The van der Waals surface area contributed by atoms with E-state index in [9.17, 15) is 0 Å². The summed E-state index contributed by atoms with van der Waals surface area (Å²) in [6.07, 6.45) is 6.15. The SMILES string of the molecule is CCOCCC1(CN=C(NCCOC)NCCc2ccco2)CC1.I. The maximum atomic E-state index is 5.50. The van der Waals surface area contributed by atoms with Gasteiger partial charge in [-0.2, -0.15) is 0 Å². The van der Waals surface area contributed by atoms with E-state index in [-0.39, 0.29) is 24.0 Å². The zero-order chi connectivity index (χ0) is 17.1. The van der Waals surface area contributed by atoms with Crippen LogP contribution in [0.15, 0.2) is 27.8 Å². The van der Waals surface area contributed by atoms with Gasteiger partial charge in [-0.25, -0.2) is 0 Å². The average Bonchev–Trinajstić information content (AvgIpc) is 3.16. The molecule has 0 aromatic carbocycles. The Bertz CT molecular complexity index is 476. The van der Waals surface area contributed by atoms with Crippen LogP contribution in [0.5, 0.6) is 0 Å². The van der Waals surface area contributed by atoms with Gasteiger partial charge in [-0.1, -0.05) is 0 Å². The fourth-order valence-corrected chi connectivity index (χ4v) is 2.55. The highest BCUT2D eigenvalue weighted by Crippen LogP contribution is 2.48. The lowest BCUT2D eigenvalue weighted by Gasteiger charge is -2.16. The van der Waals surface area contributed by atoms with Crippen molar-refractivity contribution in [2.45, 2.75) is 32.6 Å². The van der Waals surface area contributed by atoms with Crippen molar-refractivity contribution in [2.75, 3.05) is 46.6 Å². The predicted octanol–water partition coefficient (Wildman–Crippen LogP) is 2.83. The highest BCUT2D eigenvalue weighted by atomic mass is 127. The molecule has 0 saturated heterocycles. The number of methoxy groups -OCH3 is 1. The van der Waals surface area contributed by atoms with Gasteiger partial charge in [-0.05, 0) is 43.7 Å². The van der Waals surface area contributed by atoms with E-state index in [1.165, 1.54) is 12.8 Å². The zero-order valence-electron chi connectivity index (χ0n) is 15.4. The van der Waals surface area contributed by atoms with Crippen molar-refractivity contribution in [3.63, 3.8) is 0 Å². The molecule has 6 nitrogen and oxygen atoms in total. The van der Waals surface area contributed by atoms with Gasteiger partial charge < -0.3 is 24.5 Å². The number of aliphatic imine (C=N–C) groups is 1. The molecule has 1 saturated carbocycles. The molecule has 0 radical (unpaired) electrons. The Kier molecular flexibility index (Phi) is 11.2. The van der Waals surface area contributed by atoms with Crippen molar-refractivity contribution < 1.29 is 13.9 Å². The number of furan rings is 1. The fourth-order valence-electron chi connectivity index (χ4n) is 2.55. The summed E-state index contributed by atoms with van der Waals surface area (Å²) in [5, 5.41) is 6.70. The van der Waals surface area contributed by atoms with E-state index in [0.717, 1.165) is 57.4 Å². The van der Waals surface area contributed by atoms with Crippen molar-refractivity contribution in [1.82, 2.24) is 10.6 Å². The van der Waals surface area contributed by atoms with E-state index < -0.39 is 0 Å². The van der Waals surface area contributed by atoms with Gasteiger partial charge in [0, 0.05) is 46.4 Å². The van der Waals surface area contributed by atoms with Crippen LogP contribution in [0.3, 0.4) is 0 Å². The molecule has 1 aromatic heterocycles. The maximum Gasteiger partial charge on any atom is 0.191 e. The van der Waals surface area contributed by atoms with Gasteiger partial charge in [-0.15, -0.1) is 24.0 Å². The lowest BCUT2D eigenvalue weighted by Crippen LogP contribution is -2.40. The highest BCUT2D eigenvalue weighted by molar-refractivity contribution is 14.0. The minimum Gasteiger partial charge on any atom is -0.469 e. The Hall–Kier alpha value is -0.800. The third kappa shape index (κ3) is 8.91. The summed E-state index contributed by atoms with van der Waals surface area (Å²) in [6.45, 7) is 6.71. The minimum absolute atomic E-state index is 0. The summed E-state index contributed by atoms with van der Waals surface area (Å²) in [6, 6.07) is 3.90. The van der Waals surface area contributed by atoms with Gasteiger partial charge in [0.1, 0.15) is 5.76 Å². The topological polar surface area (TPSA) is 68.0 Å². The number of hydrogen-bond acceptors (Lipinski definition) is 4. The molecular weight excluding hydrogens is 433 g/mol. The van der Waals surface area contributed by atoms with Crippen LogP contribution in [0.2, 0.25) is 0 Å². The van der Waals surface area contributed by atoms with Crippen LogP contribution >= 0.6 is 24.0 Å². The normalized spacial score (nSPS) is 15.5. The first-order valence-electron chi connectivity index (χ1n) is 8.89. The number of nitrogens with one attached hydrogen (secondary N) is 2. The van der Waals surface area contributed by atoms with Crippen LogP contribution in [0.4, 0.5) is 0 Å². The third-order valence-corrected chi connectivity index (χ3v) is 4.35. The number of halogens is 1. The molecule has 2 N–H and O–H groups in total. The molecule has 0 bridgehead atoms. The zero-order valence-corrected chi connectivity index (χ0v) is 17.7. The van der Waals surface area contributed by atoms with Crippen molar-refractivity contribution in [2.24, 2.45) is 10.4 Å². The number of guanidine groups is 1. The summed E-state index contributed by atoms with van der Waals surface area (Å²) in [4.78, 5) is 4.78. The molecule has 1 heterocycles. The first kappa shape index (κ1) is 22.2. The van der Waals surface area contributed by atoms with Gasteiger partial charge in [-0.3, -0.25) is 4.99 Å². The number of ether oxygens (including phenoxy) is 2. The fraction of sp³-hybridized carbons (Fsp3) is 0.722. The van der Waals surface area contributed by atoms with E-state index in [1.54, 1.807) is 13.4 Å². The first-order valence-corrected chi connectivity index (χ1v) is 8.89. The van der Waals surface area contributed by atoms with Gasteiger partial charge in [0.25, 0.3) is 0 Å². The van der Waals surface area contributed by atoms with Crippen LogP contribution in [0.25, 0.3) is 0 Å². The van der Waals surface area contributed by atoms with Crippen molar-refractivity contribution in [3.8, 4) is 0 Å². The molecule has 144 valence electrons. The monoisotopic (exact) mass is 465 g/mol. The van der Waals surface area contributed by atoms with Gasteiger partial charge >= 0.3 is 0 Å². The lowest BCUT2D eigenvalue weighted by molar-refractivity contribution is 0.129. The summed E-state index contributed by atoms with van der Waals surface area (Å²) < 4.78 is 16.0. The van der Waals surface area contributed by atoms with Crippen LogP contribution < -0.4 is 10.6 Å². The molecule has 0 amide bonds. The molecule has 0 aliphatic heterocycles. The van der Waals surface area contributed by atoms with Crippen LogP contribution in [-0.4, -0.2) is 52.5 Å². The second-order valence-corrected chi connectivity index (χ2v) is 6.29. The smallest absolute Gasteiger partial charge is 0.191 e. The molecule has 25 heavy (non-hydrogen) atoms. The molecule has 0 atom stereocenters. The standard InChI is InChI=1S/C18H31N3O3.HI/c1-3-23-13-9-18(7-8-18)15-21-17(20-11-14-22-2)19-10-6-16-5-4-12-24-16;/h4-5,12H,3,6-11,13-15H2,1-2H3,(H2,19,20,21);1H. The molecule has 1 aromatic rings. The Balaban J connectivity index is 0.00000312. The number of nitrogens with zero attached hydrogens (tertiary/aromatic N) is 1. The van der Waals surface area contributed by atoms with Gasteiger partial charge in [0.2, 0.25) is 0 Å². The summed E-state index contributed by atoms with van der Waals surface area (Å²) in [5.74, 6) is 1.83. The molecule has 0 unspecified atom stereocenters. The Morgan fingerprint density at radius 3 is 2.72 bits per heavy atom. The first-order chi connectivity index (χ1) is 11.8. The van der Waals surface area contributed by atoms with Crippen LogP contribution in [0, 0.1) is 5.41 Å². The van der Waals surface area contributed by atoms with Gasteiger partial charge in [0.15, 0.2) is 5.96 Å². The van der Waals surface area contributed by atoms with E-state index in [1.807, 2.05) is 19.1 Å². The van der Waals surface area contributed by atoms with Crippen molar-refractivity contribution >= 4 is 29.9 Å². The maximum absolute atomic E-state index is 5.50. The molecule has 7 heteroatoms. The molecule has 2 rings (SSSR count). The van der Waals surface area contributed by atoms with Crippen LogP contribution in [0.1, 0.15) is 31.9 Å². The van der Waals surface area contributed by atoms with Gasteiger partial charge in [0.05, 0.1) is 12.9 Å². The van der Waals surface area contributed by atoms with Crippen molar-refractivity contribution in [3.05, 3.63) is 24.2 Å². The molecule has 1 fully saturated rings. The van der Waals surface area contributed by atoms with E-state index in [4.69, 9.17) is 18.9 Å². The molecule has 1 aliphatic rings. The summed E-state index contributed by atoms with van der Waals surface area (Å²) in [5.41, 5.74) is 0.353. The lowest BCUT2D eigenvalue weighted by atomic mass is 10.0. The third-order valence-electron chi connectivity index (χ3n) is 4.35. The van der Waals surface area contributed by atoms with E-state index in [2.05, 4.69) is 10.6 Å². The minimum atomic E-state index is 0. The second-order valence-electron chi connectivity index (χ2n) is 6.29. The quantitative estimate of drug-likeness (QED) is 0.215. The Morgan fingerprint density at radius 2 is 2.08 bits per heavy atom. The van der Waals surface area contributed by atoms with Crippen molar-refractivity contribution in [1.29, 1.82) is 0 Å². The highest BCUT2D eigenvalue weighted by Gasteiger charge is 2.41. The largest absolute Gasteiger partial charge is 0.469 e. The Labute approximate surface area is 168 Å². The molecular formula is C18H32IN3O3. The van der Waals surface area contributed by atoms with E-state index in [0.29, 0.717) is 12.0 Å². The van der Waals surface area contributed by atoms with Crippen LogP contribution in [-0.2, 0) is 15.9 Å². The summed E-state index contributed by atoms with van der Waals surface area (Å²) >= 11 is 0. The molecule has 0 spiro atoms. The predicted molar refractivity (Wildman–Crippen MR) is 111 cm³/mol. The second kappa shape index (κ2) is 12.5. The van der Waals surface area contributed by atoms with E-state index >= 15 is 0 Å². The number of hydrogen-bond donors (Lipinski definition) is 2. The Morgan fingerprint density at radius 1 is 1.28 bits per heavy atom. The summed E-state index contributed by atoms with van der Waals surface area (Å²) in [7, 11) is 1.70.